The maximum atomic E-state index is 13.0. The standard InChI is InChI=1S/C19H20FN5O4S/c1-19-13-9-12(23-17(26)14-5-3-11(20)10-22-14)4-6-15(13)29-8-7-16(19)30(27,28)25(2)18(21)24-19/h3-6,9-10,16H,7-8H2,1-2H3,(H2,21,24)(H,23,26)/t16?,19-/m1/s1. The molecule has 1 amide bonds. The second kappa shape index (κ2) is 6.94. The molecule has 3 N–H and O–H groups in total. The van der Waals surface area contributed by atoms with Crippen LogP contribution in [-0.2, 0) is 15.6 Å². The largest absolute Gasteiger partial charge is 0.493 e. The number of benzene rings is 1. The summed E-state index contributed by atoms with van der Waals surface area (Å²) < 4.78 is 45.8. The molecule has 158 valence electrons. The molecule has 0 bridgehead atoms. The summed E-state index contributed by atoms with van der Waals surface area (Å²) >= 11 is 0. The first kappa shape index (κ1) is 20.1. The number of amides is 1. The van der Waals surface area contributed by atoms with Gasteiger partial charge in [-0.25, -0.2) is 27.1 Å². The fourth-order valence-corrected chi connectivity index (χ4v) is 5.60. The lowest BCUT2D eigenvalue weighted by molar-refractivity contribution is 0.102. The normalized spacial score (nSPS) is 24.6. The van der Waals surface area contributed by atoms with Gasteiger partial charge in [0.15, 0.2) is 0 Å². The number of ether oxygens (including phenoxy) is 1. The second-order valence-corrected chi connectivity index (χ2v) is 9.43. The van der Waals surface area contributed by atoms with Crippen molar-refractivity contribution in [2.24, 2.45) is 10.7 Å². The third kappa shape index (κ3) is 3.15. The van der Waals surface area contributed by atoms with Crippen LogP contribution in [0.2, 0.25) is 0 Å². The number of sulfonamides is 1. The number of pyridine rings is 1. The molecule has 1 aromatic carbocycles. The summed E-state index contributed by atoms with van der Waals surface area (Å²) in [5, 5.41) is 1.80. The van der Waals surface area contributed by atoms with Gasteiger partial charge in [-0.1, -0.05) is 0 Å². The van der Waals surface area contributed by atoms with E-state index in [1.54, 1.807) is 25.1 Å². The molecule has 1 aromatic heterocycles. The summed E-state index contributed by atoms with van der Waals surface area (Å²) in [4.78, 5) is 20.7. The first-order valence-electron chi connectivity index (χ1n) is 9.16. The lowest BCUT2D eigenvalue weighted by Gasteiger charge is -2.40. The number of aromatic nitrogens is 1. The number of hydrogen-bond acceptors (Lipinski definition) is 7. The number of halogens is 1. The van der Waals surface area contributed by atoms with Gasteiger partial charge in [0, 0.05) is 24.7 Å². The highest BCUT2D eigenvalue weighted by atomic mass is 32.2. The molecule has 9 nitrogen and oxygen atoms in total. The van der Waals surface area contributed by atoms with Crippen LogP contribution in [0.25, 0.3) is 0 Å². The summed E-state index contributed by atoms with van der Waals surface area (Å²) in [6, 6.07) is 7.29. The molecule has 30 heavy (non-hydrogen) atoms. The van der Waals surface area contributed by atoms with Crippen LogP contribution in [0.4, 0.5) is 10.1 Å². The van der Waals surface area contributed by atoms with Gasteiger partial charge in [-0.15, -0.1) is 0 Å². The predicted octanol–water partition coefficient (Wildman–Crippen LogP) is 1.43. The Bertz CT molecular complexity index is 1150. The van der Waals surface area contributed by atoms with Crippen molar-refractivity contribution in [3.8, 4) is 5.75 Å². The van der Waals surface area contributed by atoms with Crippen LogP contribution in [-0.4, -0.2) is 48.5 Å². The number of nitrogens with one attached hydrogen (secondary N) is 1. The minimum atomic E-state index is -3.75. The summed E-state index contributed by atoms with van der Waals surface area (Å²) in [5.74, 6) is -0.738. The van der Waals surface area contributed by atoms with Crippen LogP contribution in [0.5, 0.6) is 5.75 Å². The van der Waals surface area contributed by atoms with Gasteiger partial charge in [-0.05, 0) is 37.3 Å². The van der Waals surface area contributed by atoms with Crippen LogP contribution in [0.1, 0.15) is 29.4 Å². The molecule has 0 fully saturated rings. The first-order valence-corrected chi connectivity index (χ1v) is 10.7. The third-order valence-electron chi connectivity index (χ3n) is 5.42. The SMILES string of the molecule is CN1C(N)=N[C@]2(C)c3cc(NC(=O)c4ccc(F)cn4)ccc3OCCC2S1(=O)=O. The molecule has 0 radical (unpaired) electrons. The van der Waals surface area contributed by atoms with Crippen molar-refractivity contribution in [1.82, 2.24) is 9.29 Å². The van der Waals surface area contributed by atoms with Gasteiger partial charge in [0.25, 0.3) is 5.91 Å². The lowest BCUT2D eigenvalue weighted by atomic mass is 9.87. The van der Waals surface area contributed by atoms with Crippen LogP contribution in [0.3, 0.4) is 0 Å². The number of carbonyl (C=O) groups is 1. The van der Waals surface area contributed by atoms with E-state index in [1.165, 1.54) is 13.1 Å². The average molecular weight is 433 g/mol. The summed E-state index contributed by atoms with van der Waals surface area (Å²) in [6.07, 6.45) is 1.18. The van der Waals surface area contributed by atoms with Gasteiger partial charge < -0.3 is 15.8 Å². The Morgan fingerprint density at radius 1 is 1.37 bits per heavy atom. The van der Waals surface area contributed by atoms with E-state index in [9.17, 15) is 17.6 Å². The molecule has 0 aliphatic carbocycles. The van der Waals surface area contributed by atoms with Crippen molar-refractivity contribution >= 4 is 27.6 Å². The first-order chi connectivity index (χ1) is 14.1. The van der Waals surface area contributed by atoms with E-state index in [1.807, 2.05) is 0 Å². The molecule has 2 aliphatic heterocycles. The van der Waals surface area contributed by atoms with Gasteiger partial charge in [-0.3, -0.25) is 4.79 Å². The molecule has 0 saturated carbocycles. The fraction of sp³-hybridized carbons (Fsp3) is 0.316. The van der Waals surface area contributed by atoms with Crippen LogP contribution in [0, 0.1) is 5.82 Å². The zero-order valence-corrected chi connectivity index (χ0v) is 17.1. The summed E-state index contributed by atoms with van der Waals surface area (Å²) in [6.45, 7) is 1.89. The highest BCUT2D eigenvalue weighted by molar-refractivity contribution is 7.90. The fourth-order valence-electron chi connectivity index (χ4n) is 3.77. The van der Waals surface area contributed by atoms with E-state index >= 15 is 0 Å². The van der Waals surface area contributed by atoms with Crippen molar-refractivity contribution in [3.05, 3.63) is 53.6 Å². The number of anilines is 1. The summed E-state index contributed by atoms with van der Waals surface area (Å²) in [7, 11) is -2.39. The zero-order chi connectivity index (χ0) is 21.7. The maximum absolute atomic E-state index is 13.0. The van der Waals surface area contributed by atoms with Crippen LogP contribution < -0.4 is 15.8 Å². The predicted molar refractivity (Wildman–Crippen MR) is 108 cm³/mol. The van der Waals surface area contributed by atoms with Gasteiger partial charge >= 0.3 is 0 Å². The molecular formula is C19H20FN5O4S. The van der Waals surface area contributed by atoms with Gasteiger partial charge in [0.05, 0.1) is 12.8 Å². The number of aliphatic imine (C=N–C) groups is 1. The molecule has 2 atom stereocenters. The monoisotopic (exact) mass is 433 g/mol. The Kier molecular flexibility index (Phi) is 4.64. The quantitative estimate of drug-likeness (QED) is 0.738. The van der Waals surface area contributed by atoms with Crippen molar-refractivity contribution in [2.45, 2.75) is 24.1 Å². The van der Waals surface area contributed by atoms with E-state index in [4.69, 9.17) is 10.5 Å². The number of nitrogens with two attached hydrogens (primary N) is 1. The van der Waals surface area contributed by atoms with E-state index in [0.29, 0.717) is 17.0 Å². The van der Waals surface area contributed by atoms with E-state index in [2.05, 4.69) is 15.3 Å². The molecular weight excluding hydrogens is 413 g/mol. The molecule has 4 rings (SSSR count). The maximum Gasteiger partial charge on any atom is 0.274 e. The van der Waals surface area contributed by atoms with Crippen molar-refractivity contribution in [1.29, 1.82) is 0 Å². The minimum absolute atomic E-state index is 0.0378. The molecule has 2 aromatic rings. The van der Waals surface area contributed by atoms with E-state index in [-0.39, 0.29) is 24.7 Å². The summed E-state index contributed by atoms with van der Waals surface area (Å²) in [5.41, 5.74) is 5.63. The number of carbonyl (C=O) groups excluding carboxylic acids is 1. The van der Waals surface area contributed by atoms with Crippen LogP contribution in [0.15, 0.2) is 41.5 Å². The van der Waals surface area contributed by atoms with Crippen molar-refractivity contribution in [2.75, 3.05) is 19.0 Å². The minimum Gasteiger partial charge on any atom is -0.493 e. The topological polar surface area (TPSA) is 127 Å². The Labute approximate surface area is 172 Å². The van der Waals surface area contributed by atoms with Crippen LogP contribution >= 0.6 is 0 Å². The number of hydrogen-bond donors (Lipinski definition) is 2. The number of rotatable bonds is 2. The molecule has 1 unspecified atom stereocenters. The third-order valence-corrected chi connectivity index (χ3v) is 7.78. The van der Waals surface area contributed by atoms with E-state index < -0.39 is 32.5 Å². The van der Waals surface area contributed by atoms with Gasteiger partial charge in [0.1, 0.15) is 28.0 Å². The second-order valence-electron chi connectivity index (χ2n) is 7.28. The number of nitrogens with zero attached hydrogens (tertiary/aromatic N) is 3. The smallest absolute Gasteiger partial charge is 0.274 e. The zero-order valence-electron chi connectivity index (χ0n) is 16.3. The Morgan fingerprint density at radius 3 is 2.83 bits per heavy atom. The van der Waals surface area contributed by atoms with Crippen molar-refractivity contribution < 1.29 is 22.3 Å². The molecule has 11 heteroatoms. The average Bonchev–Trinajstić information content (AvgIpc) is 2.84. The number of fused-ring (bicyclic) bond motifs is 3. The Balaban J connectivity index is 1.76. The molecule has 0 saturated heterocycles. The van der Waals surface area contributed by atoms with Gasteiger partial charge in [0.2, 0.25) is 16.0 Å². The highest BCUT2D eigenvalue weighted by Gasteiger charge is 2.52. The molecule has 2 aliphatic rings. The highest BCUT2D eigenvalue weighted by Crippen LogP contribution is 2.45. The van der Waals surface area contributed by atoms with E-state index in [0.717, 1.165) is 16.6 Å². The molecule has 0 spiro atoms. The lowest BCUT2D eigenvalue weighted by Crippen LogP contribution is -2.56. The Hall–Kier alpha value is -3.21. The number of guanidine groups is 1. The van der Waals surface area contributed by atoms with Crippen molar-refractivity contribution in [3.63, 3.8) is 0 Å². The Morgan fingerprint density at radius 2 is 2.13 bits per heavy atom. The molecule has 3 heterocycles. The van der Waals surface area contributed by atoms with Gasteiger partial charge in [-0.2, -0.15) is 0 Å².